The van der Waals surface area contributed by atoms with E-state index in [2.05, 4.69) is 17.4 Å². The van der Waals surface area contributed by atoms with Gasteiger partial charge < -0.3 is 29.3 Å². The molecule has 0 bridgehead atoms. The van der Waals surface area contributed by atoms with Crippen LogP contribution in [0.1, 0.15) is 70.1 Å². The quantitative estimate of drug-likeness (QED) is 0.210. The highest BCUT2D eigenvalue weighted by Gasteiger charge is 2.44. The number of unbranched alkanes of at least 4 members (excludes halogenated alkanes) is 1. The summed E-state index contributed by atoms with van der Waals surface area (Å²) in [5.41, 5.74) is 1.82. The van der Waals surface area contributed by atoms with Crippen LogP contribution in [0.25, 0.3) is 0 Å². The number of benzene rings is 3. The second-order valence-electron chi connectivity index (χ2n) is 14.2. The van der Waals surface area contributed by atoms with Crippen LogP contribution >= 0.6 is 0 Å². The summed E-state index contributed by atoms with van der Waals surface area (Å²) >= 11 is 0. The fourth-order valence-electron chi connectivity index (χ4n) is 7.12. The van der Waals surface area contributed by atoms with Crippen LogP contribution in [0.2, 0.25) is 0 Å². The van der Waals surface area contributed by atoms with E-state index in [9.17, 15) is 14.4 Å². The van der Waals surface area contributed by atoms with Gasteiger partial charge in [0.25, 0.3) is 0 Å². The molecule has 0 radical (unpaired) electrons. The highest BCUT2D eigenvalue weighted by atomic mass is 16.6. The average Bonchev–Trinajstić information content (AvgIpc) is 3.10. The first-order valence-electron chi connectivity index (χ1n) is 17.5. The molecule has 3 amide bonds. The average molecular weight is 670 g/mol. The van der Waals surface area contributed by atoms with Crippen LogP contribution in [-0.2, 0) is 31.0 Å². The molecule has 3 aromatic rings. The molecule has 9 heteroatoms. The molecule has 2 heterocycles. The second-order valence-corrected chi connectivity index (χ2v) is 14.2. The maximum Gasteiger partial charge on any atom is 0.410 e. The maximum atomic E-state index is 14.3. The van der Waals surface area contributed by atoms with Crippen molar-refractivity contribution in [1.82, 2.24) is 15.1 Å². The van der Waals surface area contributed by atoms with Crippen LogP contribution in [0.5, 0.6) is 11.5 Å². The van der Waals surface area contributed by atoms with Gasteiger partial charge in [-0.05, 0) is 71.1 Å². The van der Waals surface area contributed by atoms with Gasteiger partial charge in [0, 0.05) is 63.0 Å². The lowest BCUT2D eigenvalue weighted by atomic mass is 9.69. The molecule has 9 nitrogen and oxygen atoms in total. The Hall–Kier alpha value is -4.37. The van der Waals surface area contributed by atoms with Crippen molar-refractivity contribution in [3.8, 4) is 11.5 Å². The maximum absolute atomic E-state index is 14.3. The highest BCUT2D eigenvalue weighted by molar-refractivity contribution is 5.84. The van der Waals surface area contributed by atoms with Gasteiger partial charge in [-0.2, -0.15) is 0 Å². The molecular weight excluding hydrogens is 618 g/mol. The van der Waals surface area contributed by atoms with Gasteiger partial charge in [-0.3, -0.25) is 9.59 Å². The van der Waals surface area contributed by atoms with Crippen LogP contribution < -0.4 is 10.1 Å². The van der Waals surface area contributed by atoms with Crippen molar-refractivity contribution in [1.29, 1.82) is 0 Å². The number of carbonyl (C=O) groups is 3. The Labute approximate surface area is 290 Å². The molecule has 1 fully saturated rings. The summed E-state index contributed by atoms with van der Waals surface area (Å²) in [6.07, 6.45) is 2.36. The number of carbonyl (C=O) groups excluding carboxylic acids is 3. The summed E-state index contributed by atoms with van der Waals surface area (Å²) in [4.78, 5) is 45.1. The summed E-state index contributed by atoms with van der Waals surface area (Å²) in [6, 6.07) is 25.9. The first-order valence-corrected chi connectivity index (χ1v) is 17.5. The summed E-state index contributed by atoms with van der Waals surface area (Å²) in [5.74, 6) is 0.156. The van der Waals surface area contributed by atoms with Crippen molar-refractivity contribution >= 4 is 17.9 Å². The molecule has 0 aromatic heterocycles. The molecule has 1 N–H and O–H groups in total. The molecular formula is C40H51N3O6. The van der Waals surface area contributed by atoms with E-state index in [4.69, 9.17) is 14.2 Å². The molecule has 262 valence electrons. The van der Waals surface area contributed by atoms with Crippen molar-refractivity contribution < 1.29 is 28.6 Å². The fourth-order valence-corrected chi connectivity index (χ4v) is 7.12. The Morgan fingerprint density at radius 1 is 0.898 bits per heavy atom. The number of likely N-dealkylation sites (tertiary alicyclic amines) is 1. The molecule has 3 aromatic carbocycles. The van der Waals surface area contributed by atoms with Gasteiger partial charge >= 0.3 is 6.09 Å². The van der Waals surface area contributed by atoms with Crippen LogP contribution in [0, 0.1) is 11.8 Å². The number of nitrogens with zero attached hydrogens (tertiary/aromatic N) is 2. The molecule has 49 heavy (non-hydrogen) atoms. The summed E-state index contributed by atoms with van der Waals surface area (Å²) in [5, 5.41) is 3.31. The van der Waals surface area contributed by atoms with E-state index < -0.39 is 28.9 Å². The lowest BCUT2D eigenvalue weighted by molar-refractivity contribution is -0.140. The Kier molecular flexibility index (Phi) is 11.7. The van der Waals surface area contributed by atoms with Gasteiger partial charge in [0.2, 0.25) is 11.8 Å². The number of nitrogens with one attached hydrogen (secondary N) is 1. The third-order valence-corrected chi connectivity index (χ3v) is 9.52. The topological polar surface area (TPSA) is 97.4 Å². The number of fused-ring (bicyclic) bond motifs is 2. The number of amides is 3. The molecule has 1 saturated heterocycles. The van der Waals surface area contributed by atoms with Gasteiger partial charge in [-0.25, -0.2) is 4.79 Å². The number of rotatable bonds is 12. The van der Waals surface area contributed by atoms with E-state index in [-0.39, 0.29) is 24.9 Å². The molecule has 0 aliphatic carbocycles. The monoisotopic (exact) mass is 669 g/mol. The van der Waals surface area contributed by atoms with E-state index in [0.29, 0.717) is 32.7 Å². The lowest BCUT2D eigenvalue weighted by Crippen LogP contribution is -2.54. The van der Waals surface area contributed by atoms with Crippen molar-refractivity contribution in [2.45, 2.75) is 70.9 Å². The largest absolute Gasteiger partial charge is 0.457 e. The fraction of sp³-hybridized carbons (Fsp3) is 0.475. The Bertz CT molecular complexity index is 1540. The molecule has 0 spiro atoms. The van der Waals surface area contributed by atoms with Gasteiger partial charge in [-0.15, -0.1) is 0 Å². The van der Waals surface area contributed by atoms with Gasteiger partial charge in [0.05, 0.1) is 11.8 Å². The predicted octanol–water partition coefficient (Wildman–Crippen LogP) is 6.93. The first kappa shape index (κ1) is 35.9. The molecule has 2 aliphatic rings. The lowest BCUT2D eigenvalue weighted by Gasteiger charge is -2.42. The molecule has 0 unspecified atom stereocenters. The van der Waals surface area contributed by atoms with Crippen LogP contribution in [0.4, 0.5) is 4.79 Å². The van der Waals surface area contributed by atoms with E-state index in [1.807, 2.05) is 94.4 Å². The number of ether oxygens (including phenoxy) is 3. The zero-order valence-electron chi connectivity index (χ0n) is 29.6. The second kappa shape index (κ2) is 15.9. The number of methoxy groups -OCH3 is 1. The van der Waals surface area contributed by atoms with Crippen molar-refractivity contribution in [2.75, 3.05) is 39.9 Å². The third kappa shape index (κ3) is 8.63. The van der Waals surface area contributed by atoms with Crippen LogP contribution in [0.15, 0.2) is 78.9 Å². The van der Waals surface area contributed by atoms with Crippen molar-refractivity contribution in [3.05, 3.63) is 95.6 Å². The molecule has 5 rings (SSSR count). The van der Waals surface area contributed by atoms with E-state index in [0.717, 1.165) is 47.5 Å². The SMILES string of the molecule is CCN(Cc1ccccc1)C(=O)[C@@H]1C[C@H](C(=O)NCC2(CCCCOC)c3ccccc3Oc3ccccc32)CN(C(=O)OC(C)(C)C)C1. The summed E-state index contributed by atoms with van der Waals surface area (Å²) in [6.45, 7) is 9.74. The predicted molar refractivity (Wildman–Crippen MR) is 189 cm³/mol. The Morgan fingerprint density at radius 3 is 2.12 bits per heavy atom. The standard InChI is InChI=1S/C40H51N3O6/c1-6-42(25-29-16-8-7-9-17-29)37(45)31-24-30(26-43(27-31)38(46)49-39(2,3)4)36(44)41-28-40(22-14-15-23-47-5)32-18-10-12-20-34(32)48-35-21-13-11-19-33(35)40/h7-13,16-21,30-31H,6,14-15,22-28H2,1-5H3,(H,41,44)/t30-,31+/m0/s1. The van der Waals surface area contributed by atoms with Gasteiger partial charge in [0.15, 0.2) is 0 Å². The van der Waals surface area contributed by atoms with Crippen LogP contribution in [-0.4, -0.2) is 73.2 Å². The normalized spacial score (nSPS) is 18.0. The number of hydrogen-bond acceptors (Lipinski definition) is 6. The number of hydrogen-bond donors (Lipinski definition) is 1. The minimum atomic E-state index is -0.715. The molecule has 2 atom stereocenters. The minimum Gasteiger partial charge on any atom is -0.457 e. The summed E-state index contributed by atoms with van der Waals surface area (Å²) < 4.78 is 17.4. The molecule has 2 aliphatic heterocycles. The minimum absolute atomic E-state index is 0.0701. The number of piperidine rings is 1. The zero-order chi connectivity index (χ0) is 35.0. The Morgan fingerprint density at radius 2 is 1.51 bits per heavy atom. The summed E-state index contributed by atoms with van der Waals surface area (Å²) in [7, 11) is 1.71. The first-order chi connectivity index (χ1) is 23.5. The van der Waals surface area contributed by atoms with E-state index in [1.165, 1.54) is 4.90 Å². The van der Waals surface area contributed by atoms with Gasteiger partial charge in [-0.1, -0.05) is 66.7 Å². The number of para-hydroxylation sites is 2. The van der Waals surface area contributed by atoms with Crippen LogP contribution in [0.3, 0.4) is 0 Å². The highest BCUT2D eigenvalue weighted by Crippen LogP contribution is 2.50. The zero-order valence-corrected chi connectivity index (χ0v) is 29.6. The van der Waals surface area contributed by atoms with Gasteiger partial charge in [0.1, 0.15) is 17.1 Å². The van der Waals surface area contributed by atoms with Crippen molar-refractivity contribution in [3.63, 3.8) is 0 Å². The Balaban J connectivity index is 1.41. The molecule has 0 saturated carbocycles. The van der Waals surface area contributed by atoms with Crippen molar-refractivity contribution in [2.24, 2.45) is 11.8 Å². The smallest absolute Gasteiger partial charge is 0.410 e. The third-order valence-electron chi connectivity index (χ3n) is 9.52. The van der Waals surface area contributed by atoms with E-state index in [1.54, 1.807) is 12.0 Å². The van der Waals surface area contributed by atoms with E-state index >= 15 is 0 Å².